The Bertz CT molecular complexity index is 159. The minimum Gasteiger partial charge on any atom is -0.380 e. The van der Waals surface area contributed by atoms with E-state index in [0.717, 1.165) is 59.0 Å². The van der Waals surface area contributed by atoms with Gasteiger partial charge in [-0.2, -0.15) is 0 Å². The Balaban J connectivity index is 1.80. The van der Waals surface area contributed by atoms with Crippen LogP contribution in [-0.2, 0) is 9.47 Å². The van der Waals surface area contributed by atoms with Gasteiger partial charge in [0.1, 0.15) is 0 Å². The van der Waals surface area contributed by atoms with Gasteiger partial charge in [-0.1, -0.05) is 0 Å². The molecule has 1 saturated heterocycles. The molecule has 1 fully saturated rings. The Hall–Kier alpha value is -0.160. The average molecular weight is 230 g/mol. The summed E-state index contributed by atoms with van der Waals surface area (Å²) in [7, 11) is 0. The highest BCUT2D eigenvalue weighted by Crippen LogP contribution is 1.94. The van der Waals surface area contributed by atoms with Crippen molar-refractivity contribution in [3.8, 4) is 0 Å². The standard InChI is InChI=1S/C12H26N2O2/c1-12(2)16-10-3-9-15-11-8-14-6-4-13-5-7-14/h12-13H,3-11H2,1-2H3. The molecule has 0 saturated carbocycles. The highest BCUT2D eigenvalue weighted by Gasteiger charge is 2.08. The van der Waals surface area contributed by atoms with Crippen molar-refractivity contribution in [1.82, 2.24) is 10.2 Å². The lowest BCUT2D eigenvalue weighted by Gasteiger charge is -2.26. The van der Waals surface area contributed by atoms with Crippen LogP contribution in [0.1, 0.15) is 20.3 Å². The lowest BCUT2D eigenvalue weighted by molar-refractivity contribution is 0.0453. The van der Waals surface area contributed by atoms with Crippen LogP contribution in [-0.4, -0.2) is 63.5 Å². The summed E-state index contributed by atoms with van der Waals surface area (Å²) in [5.74, 6) is 0. The van der Waals surface area contributed by atoms with E-state index in [1.807, 2.05) is 0 Å². The van der Waals surface area contributed by atoms with Crippen molar-refractivity contribution >= 4 is 0 Å². The van der Waals surface area contributed by atoms with E-state index in [0.29, 0.717) is 6.10 Å². The number of nitrogens with zero attached hydrogens (tertiary/aromatic N) is 1. The lowest BCUT2D eigenvalue weighted by Crippen LogP contribution is -2.44. The molecule has 1 rings (SSSR count). The second-order valence-electron chi connectivity index (χ2n) is 4.48. The molecule has 0 aromatic rings. The number of hydrogen-bond donors (Lipinski definition) is 1. The molecule has 0 bridgehead atoms. The summed E-state index contributed by atoms with van der Waals surface area (Å²) in [6.45, 7) is 12.2. The molecule has 4 nitrogen and oxygen atoms in total. The number of rotatable bonds is 8. The Morgan fingerprint density at radius 2 is 1.88 bits per heavy atom. The molecule has 0 radical (unpaired) electrons. The zero-order valence-electron chi connectivity index (χ0n) is 10.7. The molecule has 0 unspecified atom stereocenters. The van der Waals surface area contributed by atoms with Crippen LogP contribution in [0.15, 0.2) is 0 Å². The maximum Gasteiger partial charge on any atom is 0.0593 e. The molecule has 1 N–H and O–H groups in total. The van der Waals surface area contributed by atoms with Gasteiger partial charge in [-0.05, 0) is 20.3 Å². The summed E-state index contributed by atoms with van der Waals surface area (Å²) in [5, 5.41) is 3.34. The molecule has 0 atom stereocenters. The van der Waals surface area contributed by atoms with Crippen molar-refractivity contribution in [1.29, 1.82) is 0 Å². The molecular formula is C12H26N2O2. The molecule has 0 aliphatic carbocycles. The zero-order chi connectivity index (χ0) is 11.6. The fourth-order valence-electron chi connectivity index (χ4n) is 1.71. The maximum absolute atomic E-state index is 5.58. The van der Waals surface area contributed by atoms with Crippen LogP contribution in [0.4, 0.5) is 0 Å². The van der Waals surface area contributed by atoms with Crippen LogP contribution < -0.4 is 5.32 Å². The zero-order valence-corrected chi connectivity index (χ0v) is 10.7. The van der Waals surface area contributed by atoms with Crippen LogP contribution in [0.25, 0.3) is 0 Å². The van der Waals surface area contributed by atoms with Crippen LogP contribution in [0.2, 0.25) is 0 Å². The Labute approximate surface area is 99.3 Å². The number of hydrogen-bond acceptors (Lipinski definition) is 4. The minimum atomic E-state index is 0.334. The van der Waals surface area contributed by atoms with Crippen LogP contribution in [0.5, 0.6) is 0 Å². The second kappa shape index (κ2) is 8.93. The normalized spacial score (nSPS) is 18.2. The molecule has 0 aromatic heterocycles. The molecule has 1 aliphatic rings. The van der Waals surface area contributed by atoms with Gasteiger partial charge in [0, 0.05) is 45.9 Å². The Kier molecular flexibility index (Phi) is 7.76. The predicted molar refractivity (Wildman–Crippen MR) is 65.8 cm³/mol. The van der Waals surface area contributed by atoms with Gasteiger partial charge in [0.2, 0.25) is 0 Å². The van der Waals surface area contributed by atoms with E-state index < -0.39 is 0 Å². The largest absolute Gasteiger partial charge is 0.380 e. The smallest absolute Gasteiger partial charge is 0.0593 e. The first-order valence-electron chi connectivity index (χ1n) is 6.41. The summed E-state index contributed by atoms with van der Waals surface area (Å²) in [5.41, 5.74) is 0. The average Bonchev–Trinajstić information content (AvgIpc) is 2.29. The SMILES string of the molecule is CC(C)OCCCOCCN1CCNCC1. The third-order valence-corrected chi connectivity index (χ3v) is 2.65. The van der Waals surface area contributed by atoms with Crippen molar-refractivity contribution in [2.24, 2.45) is 0 Å². The summed E-state index contributed by atoms with van der Waals surface area (Å²) < 4.78 is 11.0. The molecule has 1 aliphatic heterocycles. The first-order chi connectivity index (χ1) is 7.79. The van der Waals surface area contributed by atoms with Crippen molar-refractivity contribution in [3.63, 3.8) is 0 Å². The second-order valence-corrected chi connectivity index (χ2v) is 4.48. The summed E-state index contributed by atoms with van der Waals surface area (Å²) in [4.78, 5) is 2.45. The van der Waals surface area contributed by atoms with Crippen LogP contribution in [0, 0.1) is 0 Å². The van der Waals surface area contributed by atoms with Crippen molar-refractivity contribution in [3.05, 3.63) is 0 Å². The maximum atomic E-state index is 5.58. The molecule has 0 amide bonds. The van der Waals surface area contributed by atoms with Crippen molar-refractivity contribution in [2.75, 3.05) is 52.5 Å². The summed E-state index contributed by atoms with van der Waals surface area (Å²) >= 11 is 0. The van der Waals surface area contributed by atoms with E-state index in [4.69, 9.17) is 9.47 Å². The van der Waals surface area contributed by atoms with E-state index in [9.17, 15) is 0 Å². The molecule has 0 aromatic carbocycles. The quantitative estimate of drug-likeness (QED) is 0.623. The van der Waals surface area contributed by atoms with Gasteiger partial charge in [-0.3, -0.25) is 4.90 Å². The number of nitrogens with one attached hydrogen (secondary N) is 1. The fourth-order valence-corrected chi connectivity index (χ4v) is 1.71. The third-order valence-electron chi connectivity index (χ3n) is 2.65. The highest BCUT2D eigenvalue weighted by atomic mass is 16.5. The van der Waals surface area contributed by atoms with E-state index in [-0.39, 0.29) is 0 Å². The van der Waals surface area contributed by atoms with Gasteiger partial charge in [-0.25, -0.2) is 0 Å². The lowest BCUT2D eigenvalue weighted by atomic mass is 10.3. The van der Waals surface area contributed by atoms with Crippen LogP contribution >= 0.6 is 0 Å². The molecular weight excluding hydrogens is 204 g/mol. The topological polar surface area (TPSA) is 33.7 Å². The van der Waals surface area contributed by atoms with Gasteiger partial charge in [-0.15, -0.1) is 0 Å². The molecule has 4 heteroatoms. The third kappa shape index (κ3) is 7.17. The molecule has 16 heavy (non-hydrogen) atoms. The number of piperazine rings is 1. The van der Waals surface area contributed by atoms with E-state index in [1.54, 1.807) is 0 Å². The first-order valence-corrected chi connectivity index (χ1v) is 6.41. The summed E-state index contributed by atoms with van der Waals surface area (Å²) in [6.07, 6.45) is 1.33. The van der Waals surface area contributed by atoms with Gasteiger partial charge in [0.05, 0.1) is 12.7 Å². The van der Waals surface area contributed by atoms with Gasteiger partial charge < -0.3 is 14.8 Å². The predicted octanol–water partition coefficient (Wildman–Crippen LogP) is 0.723. The van der Waals surface area contributed by atoms with Crippen LogP contribution in [0.3, 0.4) is 0 Å². The number of ether oxygens (including phenoxy) is 2. The van der Waals surface area contributed by atoms with E-state index in [2.05, 4.69) is 24.1 Å². The molecule has 1 heterocycles. The van der Waals surface area contributed by atoms with E-state index >= 15 is 0 Å². The monoisotopic (exact) mass is 230 g/mol. The molecule has 96 valence electrons. The fraction of sp³-hybridized carbons (Fsp3) is 1.00. The van der Waals surface area contributed by atoms with Gasteiger partial charge >= 0.3 is 0 Å². The summed E-state index contributed by atoms with van der Waals surface area (Å²) in [6, 6.07) is 0. The highest BCUT2D eigenvalue weighted by molar-refractivity contribution is 4.66. The first kappa shape index (κ1) is 13.9. The van der Waals surface area contributed by atoms with Gasteiger partial charge in [0.25, 0.3) is 0 Å². The van der Waals surface area contributed by atoms with Gasteiger partial charge in [0.15, 0.2) is 0 Å². The minimum absolute atomic E-state index is 0.334. The van der Waals surface area contributed by atoms with Crippen molar-refractivity contribution < 1.29 is 9.47 Å². The van der Waals surface area contributed by atoms with E-state index in [1.165, 1.54) is 0 Å². The Morgan fingerprint density at radius 3 is 2.56 bits per heavy atom. The molecule has 0 spiro atoms. The van der Waals surface area contributed by atoms with Crippen molar-refractivity contribution in [2.45, 2.75) is 26.4 Å². The Morgan fingerprint density at radius 1 is 1.12 bits per heavy atom.